The van der Waals surface area contributed by atoms with E-state index < -0.39 is 0 Å². The van der Waals surface area contributed by atoms with Crippen LogP contribution in [0.15, 0.2) is 18.6 Å². The largest absolute Gasteiger partial charge is 0.356 e. The van der Waals surface area contributed by atoms with Crippen LogP contribution in [0, 0.1) is 0 Å². The van der Waals surface area contributed by atoms with Gasteiger partial charge in [0.2, 0.25) is 5.91 Å². The van der Waals surface area contributed by atoms with Crippen molar-refractivity contribution in [1.82, 2.24) is 20.3 Å². The lowest BCUT2D eigenvalue weighted by Crippen LogP contribution is -2.44. The highest BCUT2D eigenvalue weighted by Crippen LogP contribution is 2.24. The van der Waals surface area contributed by atoms with Crippen LogP contribution in [0.4, 0.5) is 5.82 Å². The fraction of sp³-hybridized carbons (Fsp3) is 0.533. The second kappa shape index (κ2) is 6.11. The third-order valence-electron chi connectivity index (χ3n) is 3.97. The maximum absolute atomic E-state index is 11.7. The first-order valence-corrected chi connectivity index (χ1v) is 7.60. The molecular formula is C15H21N5O. The molecule has 1 aliphatic heterocycles. The van der Waals surface area contributed by atoms with Gasteiger partial charge in [0.15, 0.2) is 0 Å². The van der Waals surface area contributed by atoms with Crippen LogP contribution in [-0.4, -0.2) is 40.0 Å². The molecule has 0 aliphatic carbocycles. The summed E-state index contributed by atoms with van der Waals surface area (Å²) >= 11 is 0. The summed E-state index contributed by atoms with van der Waals surface area (Å²) in [4.78, 5) is 25.7. The number of H-pyrrole nitrogens is 1. The van der Waals surface area contributed by atoms with Crippen LogP contribution < -0.4 is 10.2 Å². The van der Waals surface area contributed by atoms with E-state index in [1.807, 2.05) is 19.2 Å². The highest BCUT2D eigenvalue weighted by Gasteiger charge is 2.22. The van der Waals surface area contributed by atoms with E-state index in [0.29, 0.717) is 12.5 Å². The van der Waals surface area contributed by atoms with Gasteiger partial charge in [0, 0.05) is 31.7 Å². The minimum Gasteiger partial charge on any atom is -0.356 e. The molecule has 112 valence electrons. The van der Waals surface area contributed by atoms with E-state index in [-0.39, 0.29) is 5.91 Å². The van der Waals surface area contributed by atoms with Crippen LogP contribution in [0.3, 0.4) is 0 Å². The van der Waals surface area contributed by atoms with Gasteiger partial charge in [-0.25, -0.2) is 9.97 Å². The molecular weight excluding hydrogens is 266 g/mol. The van der Waals surface area contributed by atoms with E-state index in [0.717, 1.165) is 49.2 Å². The number of piperidine rings is 1. The SMILES string of the molecule is CCCC(=O)NC1CCN(c2ncnc3[nH]ccc23)CC1. The maximum Gasteiger partial charge on any atom is 0.220 e. The standard InChI is InChI=1S/C15H21N5O/c1-2-3-13(21)19-11-5-8-20(9-6-11)15-12-4-7-16-14(12)17-10-18-15/h4,7,10-11H,2-3,5-6,8-9H2,1H3,(H,19,21)(H,16,17,18). The molecule has 0 saturated carbocycles. The van der Waals surface area contributed by atoms with Gasteiger partial charge in [-0.3, -0.25) is 4.79 Å². The Morgan fingerprint density at radius 3 is 3.00 bits per heavy atom. The third-order valence-corrected chi connectivity index (χ3v) is 3.97. The van der Waals surface area contributed by atoms with Crippen molar-refractivity contribution >= 4 is 22.8 Å². The summed E-state index contributed by atoms with van der Waals surface area (Å²) in [7, 11) is 0. The van der Waals surface area contributed by atoms with Crippen LogP contribution in [0.1, 0.15) is 32.6 Å². The molecule has 0 aromatic carbocycles. The van der Waals surface area contributed by atoms with Crippen LogP contribution in [0.25, 0.3) is 11.0 Å². The van der Waals surface area contributed by atoms with Crippen LogP contribution in [-0.2, 0) is 4.79 Å². The molecule has 1 amide bonds. The van der Waals surface area contributed by atoms with Crippen LogP contribution in [0.2, 0.25) is 0 Å². The van der Waals surface area contributed by atoms with E-state index in [1.54, 1.807) is 6.33 Å². The lowest BCUT2D eigenvalue weighted by Gasteiger charge is -2.33. The second-order valence-corrected chi connectivity index (χ2v) is 5.52. The minimum absolute atomic E-state index is 0.172. The number of amides is 1. The monoisotopic (exact) mass is 287 g/mol. The van der Waals surface area contributed by atoms with E-state index >= 15 is 0 Å². The number of aromatic amines is 1. The number of carbonyl (C=O) groups is 1. The number of carbonyl (C=O) groups excluding carboxylic acids is 1. The average Bonchev–Trinajstić information content (AvgIpc) is 2.97. The number of hydrogen-bond acceptors (Lipinski definition) is 4. The topological polar surface area (TPSA) is 73.9 Å². The Balaban J connectivity index is 1.63. The molecule has 2 aromatic rings. The van der Waals surface area contributed by atoms with Crippen LogP contribution >= 0.6 is 0 Å². The molecule has 3 rings (SSSR count). The first-order valence-electron chi connectivity index (χ1n) is 7.60. The van der Waals surface area contributed by atoms with E-state index in [4.69, 9.17) is 0 Å². The molecule has 2 aromatic heterocycles. The Kier molecular flexibility index (Phi) is 4.03. The quantitative estimate of drug-likeness (QED) is 0.900. The van der Waals surface area contributed by atoms with Crippen molar-refractivity contribution in [1.29, 1.82) is 0 Å². The third kappa shape index (κ3) is 2.99. The second-order valence-electron chi connectivity index (χ2n) is 5.52. The van der Waals surface area contributed by atoms with Gasteiger partial charge in [-0.15, -0.1) is 0 Å². The highest BCUT2D eigenvalue weighted by molar-refractivity contribution is 5.87. The minimum atomic E-state index is 0.172. The van der Waals surface area contributed by atoms with Crippen molar-refractivity contribution in [3.8, 4) is 0 Å². The molecule has 1 aliphatic rings. The Morgan fingerprint density at radius 2 is 2.24 bits per heavy atom. The first kappa shape index (κ1) is 13.9. The van der Waals surface area contributed by atoms with Gasteiger partial charge in [0.25, 0.3) is 0 Å². The zero-order valence-electron chi connectivity index (χ0n) is 12.3. The summed E-state index contributed by atoms with van der Waals surface area (Å²) in [5.74, 6) is 1.16. The number of aromatic nitrogens is 3. The number of nitrogens with zero attached hydrogens (tertiary/aromatic N) is 3. The molecule has 0 radical (unpaired) electrons. The Morgan fingerprint density at radius 1 is 1.43 bits per heavy atom. The summed E-state index contributed by atoms with van der Waals surface area (Å²) in [6, 6.07) is 2.31. The molecule has 0 bridgehead atoms. The summed E-state index contributed by atoms with van der Waals surface area (Å²) in [6.45, 7) is 3.85. The molecule has 3 heterocycles. The zero-order chi connectivity index (χ0) is 14.7. The molecule has 0 atom stereocenters. The molecule has 1 fully saturated rings. The molecule has 0 unspecified atom stereocenters. The van der Waals surface area contributed by atoms with Crippen molar-refractivity contribution in [2.45, 2.75) is 38.6 Å². The van der Waals surface area contributed by atoms with Crippen LogP contribution in [0.5, 0.6) is 0 Å². The highest BCUT2D eigenvalue weighted by atomic mass is 16.1. The van der Waals surface area contributed by atoms with Gasteiger partial charge in [-0.05, 0) is 25.3 Å². The molecule has 21 heavy (non-hydrogen) atoms. The van der Waals surface area contributed by atoms with Crippen molar-refractivity contribution in [2.75, 3.05) is 18.0 Å². The number of anilines is 1. The van der Waals surface area contributed by atoms with Crippen molar-refractivity contribution < 1.29 is 4.79 Å². The number of fused-ring (bicyclic) bond motifs is 1. The van der Waals surface area contributed by atoms with Crippen molar-refractivity contribution in [3.63, 3.8) is 0 Å². The molecule has 2 N–H and O–H groups in total. The first-order chi connectivity index (χ1) is 10.3. The summed E-state index contributed by atoms with van der Waals surface area (Å²) in [6.07, 6.45) is 6.94. The zero-order valence-corrected chi connectivity index (χ0v) is 12.3. The van der Waals surface area contributed by atoms with Gasteiger partial charge in [-0.1, -0.05) is 6.92 Å². The predicted molar refractivity (Wildman–Crippen MR) is 82.2 cm³/mol. The van der Waals surface area contributed by atoms with E-state index in [1.165, 1.54) is 0 Å². The molecule has 1 saturated heterocycles. The molecule has 6 nitrogen and oxygen atoms in total. The lowest BCUT2D eigenvalue weighted by atomic mass is 10.0. The summed E-state index contributed by atoms with van der Waals surface area (Å²) in [5.41, 5.74) is 0.873. The van der Waals surface area contributed by atoms with Gasteiger partial charge in [-0.2, -0.15) is 0 Å². The predicted octanol–water partition coefficient (Wildman–Crippen LogP) is 1.84. The number of hydrogen-bond donors (Lipinski definition) is 2. The van der Waals surface area contributed by atoms with Gasteiger partial charge in [0.1, 0.15) is 17.8 Å². The van der Waals surface area contributed by atoms with Gasteiger partial charge >= 0.3 is 0 Å². The van der Waals surface area contributed by atoms with E-state index in [2.05, 4.69) is 25.2 Å². The fourth-order valence-corrected chi connectivity index (χ4v) is 2.87. The molecule has 6 heteroatoms. The Labute approximate surface area is 124 Å². The van der Waals surface area contributed by atoms with Gasteiger partial charge < -0.3 is 15.2 Å². The lowest BCUT2D eigenvalue weighted by molar-refractivity contribution is -0.121. The number of nitrogens with one attached hydrogen (secondary N) is 2. The number of rotatable bonds is 4. The molecule has 0 spiro atoms. The normalized spacial score (nSPS) is 16.3. The van der Waals surface area contributed by atoms with Crippen molar-refractivity contribution in [2.24, 2.45) is 0 Å². The Hall–Kier alpha value is -2.11. The Bertz CT molecular complexity index is 615. The van der Waals surface area contributed by atoms with Crippen molar-refractivity contribution in [3.05, 3.63) is 18.6 Å². The maximum atomic E-state index is 11.7. The van der Waals surface area contributed by atoms with E-state index in [9.17, 15) is 4.79 Å². The summed E-state index contributed by atoms with van der Waals surface area (Å²) in [5, 5.41) is 4.18. The fourth-order valence-electron chi connectivity index (χ4n) is 2.87. The summed E-state index contributed by atoms with van der Waals surface area (Å²) < 4.78 is 0. The van der Waals surface area contributed by atoms with Gasteiger partial charge in [0.05, 0.1) is 5.39 Å². The average molecular weight is 287 g/mol. The smallest absolute Gasteiger partial charge is 0.220 e.